The molecule has 1 aliphatic rings. The van der Waals surface area contributed by atoms with Crippen LogP contribution in [0.1, 0.15) is 12.1 Å². The van der Waals surface area contributed by atoms with E-state index in [4.69, 9.17) is 14.5 Å². The predicted octanol–water partition coefficient (Wildman–Crippen LogP) is 2.09. The zero-order valence-electron chi connectivity index (χ0n) is 13.6. The number of aryl methyl sites for hydroxylation is 1. The molecule has 1 aliphatic heterocycles. The van der Waals surface area contributed by atoms with Crippen molar-refractivity contribution in [1.29, 1.82) is 0 Å². The van der Waals surface area contributed by atoms with Gasteiger partial charge in [0.2, 0.25) is 0 Å². The van der Waals surface area contributed by atoms with E-state index in [1.54, 1.807) is 19.5 Å². The molecule has 3 rings (SSSR count). The van der Waals surface area contributed by atoms with Crippen LogP contribution in [0.2, 0.25) is 0 Å². The maximum atomic E-state index is 5.63. The Bertz CT molecular complexity index is 636. The quantitative estimate of drug-likeness (QED) is 0.842. The lowest BCUT2D eigenvalue weighted by Gasteiger charge is -2.36. The summed E-state index contributed by atoms with van der Waals surface area (Å²) in [5.74, 6) is 1.69. The van der Waals surface area contributed by atoms with Gasteiger partial charge in [-0.05, 0) is 25.5 Å². The summed E-state index contributed by atoms with van der Waals surface area (Å²) in [4.78, 5) is 15.7. The molecule has 2 aromatic heterocycles. The van der Waals surface area contributed by atoms with Crippen LogP contribution in [0.5, 0.6) is 0 Å². The Hall–Kier alpha value is -2.05. The molecule has 1 saturated heterocycles. The summed E-state index contributed by atoms with van der Waals surface area (Å²) in [6, 6.07) is 6.18. The lowest BCUT2D eigenvalue weighted by Crippen LogP contribution is -2.46. The maximum Gasteiger partial charge on any atom is 0.161 e. The third-order valence-corrected chi connectivity index (χ3v) is 3.96. The van der Waals surface area contributed by atoms with Crippen LogP contribution in [0.25, 0.3) is 11.4 Å². The molecule has 0 bridgehead atoms. The van der Waals surface area contributed by atoms with Gasteiger partial charge in [0.05, 0.1) is 19.3 Å². The smallest absolute Gasteiger partial charge is 0.161 e. The fourth-order valence-electron chi connectivity index (χ4n) is 2.78. The number of morpholine rings is 1. The zero-order chi connectivity index (χ0) is 16.1. The molecule has 0 unspecified atom stereocenters. The fourth-order valence-corrected chi connectivity index (χ4v) is 2.78. The number of pyridine rings is 1. The van der Waals surface area contributed by atoms with Gasteiger partial charge in [-0.1, -0.05) is 0 Å². The lowest BCUT2D eigenvalue weighted by atomic mass is 10.1. The molecule has 0 N–H and O–H groups in total. The monoisotopic (exact) mass is 314 g/mol. The summed E-state index contributed by atoms with van der Waals surface area (Å²) in [6.07, 6.45) is 4.44. The standard InChI is InChI=1S/C17H22N4O2/c1-13-11-16(20-17(19-13)14-3-6-18-7-4-14)21-8-10-23-12-15(21)5-9-22-2/h3-4,6-7,11,15H,5,8-10,12H2,1-2H3/t15-/m1/s1. The molecule has 3 heterocycles. The van der Waals surface area contributed by atoms with Crippen LogP contribution in [0, 0.1) is 6.92 Å². The average molecular weight is 314 g/mol. The van der Waals surface area contributed by atoms with E-state index in [0.717, 1.165) is 42.5 Å². The summed E-state index contributed by atoms with van der Waals surface area (Å²) in [5.41, 5.74) is 1.94. The maximum absolute atomic E-state index is 5.63. The molecule has 6 heteroatoms. The van der Waals surface area contributed by atoms with E-state index >= 15 is 0 Å². The summed E-state index contributed by atoms with van der Waals surface area (Å²) >= 11 is 0. The molecule has 1 atom stereocenters. The van der Waals surface area contributed by atoms with Gasteiger partial charge in [0.15, 0.2) is 5.82 Å². The third-order valence-electron chi connectivity index (χ3n) is 3.96. The van der Waals surface area contributed by atoms with Gasteiger partial charge in [-0.15, -0.1) is 0 Å². The van der Waals surface area contributed by atoms with Gasteiger partial charge >= 0.3 is 0 Å². The van der Waals surface area contributed by atoms with Gasteiger partial charge in [-0.25, -0.2) is 9.97 Å². The van der Waals surface area contributed by atoms with Crippen LogP contribution in [-0.2, 0) is 9.47 Å². The van der Waals surface area contributed by atoms with Gasteiger partial charge in [0.1, 0.15) is 5.82 Å². The number of methoxy groups -OCH3 is 1. The van der Waals surface area contributed by atoms with Crippen LogP contribution in [0.15, 0.2) is 30.6 Å². The van der Waals surface area contributed by atoms with E-state index in [1.165, 1.54) is 0 Å². The van der Waals surface area contributed by atoms with Gasteiger partial charge < -0.3 is 14.4 Å². The fraction of sp³-hybridized carbons (Fsp3) is 0.471. The highest BCUT2D eigenvalue weighted by molar-refractivity contribution is 5.57. The van der Waals surface area contributed by atoms with E-state index < -0.39 is 0 Å². The van der Waals surface area contributed by atoms with Crippen LogP contribution in [-0.4, -0.2) is 54.5 Å². The first-order valence-electron chi connectivity index (χ1n) is 7.87. The highest BCUT2D eigenvalue weighted by Crippen LogP contribution is 2.23. The van der Waals surface area contributed by atoms with E-state index in [1.807, 2.05) is 25.1 Å². The highest BCUT2D eigenvalue weighted by Gasteiger charge is 2.24. The van der Waals surface area contributed by atoms with Crippen molar-refractivity contribution in [2.24, 2.45) is 0 Å². The Balaban J connectivity index is 1.90. The Kier molecular flexibility index (Phi) is 5.15. The van der Waals surface area contributed by atoms with Gasteiger partial charge in [-0.2, -0.15) is 0 Å². The van der Waals surface area contributed by atoms with Crippen molar-refractivity contribution in [2.45, 2.75) is 19.4 Å². The van der Waals surface area contributed by atoms with Gasteiger partial charge in [0.25, 0.3) is 0 Å². The molecule has 0 amide bonds. The normalized spacial score (nSPS) is 18.2. The zero-order valence-corrected chi connectivity index (χ0v) is 13.6. The first-order chi connectivity index (χ1) is 11.3. The van der Waals surface area contributed by atoms with Crippen molar-refractivity contribution in [1.82, 2.24) is 15.0 Å². The highest BCUT2D eigenvalue weighted by atomic mass is 16.5. The summed E-state index contributed by atoms with van der Waals surface area (Å²) in [6.45, 7) is 4.97. The van der Waals surface area contributed by atoms with Crippen molar-refractivity contribution in [2.75, 3.05) is 38.4 Å². The average Bonchev–Trinajstić information content (AvgIpc) is 2.60. The Morgan fingerprint density at radius 1 is 1.30 bits per heavy atom. The van der Waals surface area contributed by atoms with Gasteiger partial charge in [-0.3, -0.25) is 4.98 Å². The number of aromatic nitrogens is 3. The molecule has 1 fully saturated rings. The Morgan fingerprint density at radius 2 is 2.13 bits per heavy atom. The number of ether oxygens (including phenoxy) is 2. The van der Waals surface area contributed by atoms with Crippen molar-refractivity contribution < 1.29 is 9.47 Å². The lowest BCUT2D eigenvalue weighted by molar-refractivity contribution is 0.0794. The number of hydrogen-bond donors (Lipinski definition) is 0. The van der Waals surface area contributed by atoms with Crippen molar-refractivity contribution in [3.8, 4) is 11.4 Å². The molecule has 0 radical (unpaired) electrons. The molecular formula is C17H22N4O2. The molecule has 0 saturated carbocycles. The van der Waals surface area contributed by atoms with E-state index in [0.29, 0.717) is 13.2 Å². The minimum Gasteiger partial charge on any atom is -0.385 e. The molecule has 122 valence electrons. The molecule has 23 heavy (non-hydrogen) atoms. The summed E-state index contributed by atoms with van der Waals surface area (Å²) in [7, 11) is 1.73. The third kappa shape index (κ3) is 3.83. The number of hydrogen-bond acceptors (Lipinski definition) is 6. The van der Waals surface area contributed by atoms with Crippen LogP contribution >= 0.6 is 0 Å². The van der Waals surface area contributed by atoms with Crippen LogP contribution in [0.4, 0.5) is 5.82 Å². The Morgan fingerprint density at radius 3 is 2.91 bits per heavy atom. The second-order valence-electron chi connectivity index (χ2n) is 5.63. The largest absolute Gasteiger partial charge is 0.385 e. The Labute approximate surface area is 136 Å². The number of anilines is 1. The van der Waals surface area contributed by atoms with E-state index in [9.17, 15) is 0 Å². The molecule has 0 aromatic carbocycles. The second kappa shape index (κ2) is 7.48. The summed E-state index contributed by atoms with van der Waals surface area (Å²) in [5, 5.41) is 0. The van der Waals surface area contributed by atoms with Gasteiger partial charge in [0, 0.05) is 50.0 Å². The summed E-state index contributed by atoms with van der Waals surface area (Å²) < 4.78 is 10.9. The molecule has 0 aliphatic carbocycles. The number of nitrogens with zero attached hydrogens (tertiary/aromatic N) is 4. The first-order valence-corrected chi connectivity index (χ1v) is 7.87. The van der Waals surface area contributed by atoms with E-state index in [2.05, 4.69) is 14.9 Å². The van der Waals surface area contributed by atoms with Crippen molar-refractivity contribution in [3.63, 3.8) is 0 Å². The van der Waals surface area contributed by atoms with Crippen molar-refractivity contribution >= 4 is 5.82 Å². The first kappa shape index (κ1) is 15.8. The minimum absolute atomic E-state index is 0.281. The van der Waals surface area contributed by atoms with Crippen LogP contribution in [0.3, 0.4) is 0 Å². The molecule has 6 nitrogen and oxygen atoms in total. The number of rotatable bonds is 5. The van der Waals surface area contributed by atoms with Crippen LogP contribution < -0.4 is 4.90 Å². The molecular weight excluding hydrogens is 292 g/mol. The SMILES string of the molecule is COCC[C@@H]1COCCN1c1cc(C)nc(-c2ccncc2)n1. The minimum atomic E-state index is 0.281. The second-order valence-corrected chi connectivity index (χ2v) is 5.63. The van der Waals surface area contributed by atoms with E-state index in [-0.39, 0.29) is 6.04 Å². The predicted molar refractivity (Wildman–Crippen MR) is 88.4 cm³/mol. The molecule has 2 aromatic rings. The molecule has 0 spiro atoms. The topological polar surface area (TPSA) is 60.4 Å². The van der Waals surface area contributed by atoms with Crippen molar-refractivity contribution in [3.05, 3.63) is 36.3 Å².